The van der Waals surface area contributed by atoms with Crippen LogP contribution in [0.1, 0.15) is 24.8 Å². The molecule has 0 aliphatic heterocycles. The van der Waals surface area contributed by atoms with Crippen molar-refractivity contribution in [3.8, 4) is 0 Å². The van der Waals surface area contributed by atoms with Crippen molar-refractivity contribution in [2.75, 3.05) is 6.54 Å². The molecule has 1 aliphatic rings. The first-order chi connectivity index (χ1) is 8.90. The molecule has 0 unspecified atom stereocenters. The maximum Gasteiger partial charge on any atom is 0.240 e. The number of halogens is 1. The Kier molecular flexibility index (Phi) is 4.17. The first-order valence-corrected chi connectivity index (χ1v) is 7.88. The van der Waals surface area contributed by atoms with Crippen molar-refractivity contribution < 1.29 is 12.8 Å². The summed E-state index contributed by atoms with van der Waals surface area (Å²) in [6.07, 6.45) is 3.18. The Morgan fingerprint density at radius 3 is 2.74 bits per heavy atom. The molecule has 0 amide bonds. The highest BCUT2D eigenvalue weighted by Crippen LogP contribution is 2.31. The molecule has 1 aliphatic carbocycles. The molecular formula is C12H15FN2O2S2. The molecule has 1 aromatic rings. The molecule has 2 rings (SSSR count). The zero-order valence-corrected chi connectivity index (χ0v) is 11.9. The lowest BCUT2D eigenvalue weighted by molar-refractivity contribution is 0.574. The van der Waals surface area contributed by atoms with Crippen LogP contribution in [0.4, 0.5) is 4.39 Å². The zero-order chi connectivity index (χ0) is 14.0. The van der Waals surface area contributed by atoms with Crippen molar-refractivity contribution in [2.45, 2.75) is 24.2 Å². The van der Waals surface area contributed by atoms with E-state index >= 15 is 0 Å². The third kappa shape index (κ3) is 3.71. The van der Waals surface area contributed by atoms with Crippen LogP contribution in [0, 0.1) is 11.7 Å². The zero-order valence-electron chi connectivity index (χ0n) is 10.2. The van der Waals surface area contributed by atoms with Crippen molar-refractivity contribution in [1.29, 1.82) is 0 Å². The van der Waals surface area contributed by atoms with Crippen LogP contribution in [0.25, 0.3) is 0 Å². The Bertz CT molecular complexity index is 598. The minimum Gasteiger partial charge on any atom is -0.389 e. The predicted octanol–water partition coefficient (Wildman–Crippen LogP) is 1.54. The van der Waals surface area contributed by atoms with Gasteiger partial charge >= 0.3 is 0 Å². The number of hydrogen-bond donors (Lipinski definition) is 2. The predicted molar refractivity (Wildman–Crippen MR) is 74.8 cm³/mol. The van der Waals surface area contributed by atoms with Gasteiger partial charge in [0.2, 0.25) is 10.0 Å². The van der Waals surface area contributed by atoms with Crippen LogP contribution in [0.3, 0.4) is 0 Å². The van der Waals surface area contributed by atoms with Gasteiger partial charge in [-0.25, -0.2) is 17.5 Å². The molecule has 0 atom stereocenters. The molecule has 0 aromatic heterocycles. The van der Waals surface area contributed by atoms with E-state index in [4.69, 9.17) is 5.73 Å². The van der Waals surface area contributed by atoms with Crippen molar-refractivity contribution in [2.24, 2.45) is 11.7 Å². The molecule has 0 heterocycles. The van der Waals surface area contributed by atoms with Gasteiger partial charge in [-0.3, -0.25) is 0 Å². The number of thiocarbonyl (C=S) groups is 1. The summed E-state index contributed by atoms with van der Waals surface area (Å²) in [7, 11) is -3.63. The Hall–Kier alpha value is -1.05. The van der Waals surface area contributed by atoms with Gasteiger partial charge in [-0.15, -0.1) is 0 Å². The summed E-state index contributed by atoms with van der Waals surface area (Å²) in [6, 6.07) is 3.43. The highest BCUT2D eigenvalue weighted by molar-refractivity contribution is 7.89. The van der Waals surface area contributed by atoms with E-state index in [0.29, 0.717) is 12.5 Å². The number of nitrogens with one attached hydrogen (secondary N) is 1. The summed E-state index contributed by atoms with van der Waals surface area (Å²) in [5, 5.41) is 0. The number of sulfonamides is 1. The average molecular weight is 302 g/mol. The van der Waals surface area contributed by atoms with Crippen LogP contribution >= 0.6 is 12.2 Å². The Labute approximate surface area is 117 Å². The quantitative estimate of drug-likeness (QED) is 0.782. The van der Waals surface area contributed by atoms with E-state index in [1.165, 1.54) is 18.9 Å². The van der Waals surface area contributed by atoms with Gasteiger partial charge in [0, 0.05) is 12.1 Å². The number of nitrogens with two attached hydrogens (primary N) is 1. The van der Waals surface area contributed by atoms with Crippen molar-refractivity contribution in [3.05, 3.63) is 29.6 Å². The van der Waals surface area contributed by atoms with E-state index in [9.17, 15) is 12.8 Å². The average Bonchev–Trinajstić information content (AvgIpc) is 3.12. The second-order valence-electron chi connectivity index (χ2n) is 4.64. The normalized spacial score (nSPS) is 15.4. The van der Waals surface area contributed by atoms with Crippen LogP contribution in [-0.4, -0.2) is 20.0 Å². The smallest absolute Gasteiger partial charge is 0.240 e. The van der Waals surface area contributed by atoms with Crippen LogP contribution in [0.5, 0.6) is 0 Å². The lowest BCUT2D eigenvalue weighted by Crippen LogP contribution is -2.25. The molecule has 0 bridgehead atoms. The minimum absolute atomic E-state index is 0.0208. The van der Waals surface area contributed by atoms with Gasteiger partial charge in [0.15, 0.2) is 0 Å². The third-order valence-electron chi connectivity index (χ3n) is 3.06. The second-order valence-corrected chi connectivity index (χ2v) is 6.84. The second kappa shape index (κ2) is 5.52. The van der Waals surface area contributed by atoms with Crippen LogP contribution < -0.4 is 10.5 Å². The van der Waals surface area contributed by atoms with E-state index in [-0.39, 0.29) is 15.4 Å². The first-order valence-electron chi connectivity index (χ1n) is 5.99. The third-order valence-corrected chi connectivity index (χ3v) is 4.73. The number of benzene rings is 1. The SMILES string of the molecule is NC(=S)c1cc(S(=O)(=O)NCCC2CC2)ccc1F. The molecule has 0 saturated heterocycles. The molecule has 0 radical (unpaired) electrons. The van der Waals surface area contributed by atoms with Gasteiger partial charge in [-0.2, -0.15) is 0 Å². The lowest BCUT2D eigenvalue weighted by Gasteiger charge is -2.08. The minimum atomic E-state index is -3.63. The molecule has 1 fully saturated rings. The van der Waals surface area contributed by atoms with Gasteiger partial charge < -0.3 is 5.73 Å². The van der Waals surface area contributed by atoms with Gasteiger partial charge in [0.05, 0.1) is 4.90 Å². The Morgan fingerprint density at radius 2 is 2.16 bits per heavy atom. The van der Waals surface area contributed by atoms with Gasteiger partial charge in [-0.1, -0.05) is 25.1 Å². The van der Waals surface area contributed by atoms with Crippen LogP contribution in [0.15, 0.2) is 23.1 Å². The Balaban J connectivity index is 2.14. The van der Waals surface area contributed by atoms with E-state index in [1.54, 1.807) is 0 Å². The summed E-state index contributed by atoms with van der Waals surface area (Å²) in [5.74, 6) is 0.0209. The standard InChI is InChI=1S/C12H15FN2O2S2/c13-11-4-3-9(7-10(11)12(14)18)19(16,17)15-6-5-8-1-2-8/h3-4,7-8,15H,1-2,5-6H2,(H2,14,18). The fourth-order valence-electron chi connectivity index (χ4n) is 1.75. The van der Waals surface area contributed by atoms with Crippen molar-refractivity contribution >= 4 is 27.2 Å². The van der Waals surface area contributed by atoms with Crippen molar-refractivity contribution in [1.82, 2.24) is 4.72 Å². The summed E-state index contributed by atoms with van der Waals surface area (Å²) >= 11 is 4.68. The molecule has 104 valence electrons. The highest BCUT2D eigenvalue weighted by Gasteiger charge is 2.22. The first kappa shape index (κ1) is 14.4. The van der Waals surface area contributed by atoms with E-state index in [2.05, 4.69) is 16.9 Å². The summed E-state index contributed by atoms with van der Waals surface area (Å²) in [5.41, 5.74) is 5.30. The maximum atomic E-state index is 13.4. The molecule has 19 heavy (non-hydrogen) atoms. The van der Waals surface area contributed by atoms with Crippen LogP contribution in [-0.2, 0) is 10.0 Å². The molecule has 4 nitrogen and oxygen atoms in total. The maximum absolute atomic E-state index is 13.4. The van der Waals surface area contributed by atoms with Gasteiger partial charge in [0.1, 0.15) is 10.8 Å². The molecule has 0 spiro atoms. The van der Waals surface area contributed by atoms with Crippen molar-refractivity contribution in [3.63, 3.8) is 0 Å². The number of hydrogen-bond acceptors (Lipinski definition) is 3. The molecule has 7 heteroatoms. The molecular weight excluding hydrogens is 287 g/mol. The molecule has 3 N–H and O–H groups in total. The number of rotatable bonds is 6. The van der Waals surface area contributed by atoms with Gasteiger partial charge in [-0.05, 0) is 30.5 Å². The molecule has 1 aromatic carbocycles. The Morgan fingerprint density at radius 1 is 1.47 bits per heavy atom. The van der Waals surface area contributed by atoms with Crippen LogP contribution in [0.2, 0.25) is 0 Å². The highest BCUT2D eigenvalue weighted by atomic mass is 32.2. The monoisotopic (exact) mass is 302 g/mol. The van der Waals surface area contributed by atoms with Gasteiger partial charge in [0.25, 0.3) is 0 Å². The topological polar surface area (TPSA) is 72.2 Å². The lowest BCUT2D eigenvalue weighted by atomic mass is 10.2. The van der Waals surface area contributed by atoms with E-state index in [0.717, 1.165) is 18.6 Å². The van der Waals surface area contributed by atoms with E-state index < -0.39 is 15.8 Å². The fourth-order valence-corrected chi connectivity index (χ4v) is 2.98. The largest absolute Gasteiger partial charge is 0.389 e. The molecule has 1 saturated carbocycles. The summed E-state index contributed by atoms with van der Waals surface area (Å²) in [6.45, 7) is 0.396. The fraction of sp³-hybridized carbons (Fsp3) is 0.417. The summed E-state index contributed by atoms with van der Waals surface area (Å²) < 4.78 is 39.9. The van der Waals surface area contributed by atoms with E-state index in [1.807, 2.05) is 0 Å². The summed E-state index contributed by atoms with van der Waals surface area (Å²) in [4.78, 5) is -0.181.